The molecule has 140 valence electrons. The van der Waals surface area contributed by atoms with Crippen LogP contribution < -0.4 is 0 Å². The lowest BCUT2D eigenvalue weighted by Gasteiger charge is -2.18. The van der Waals surface area contributed by atoms with Crippen LogP contribution >= 0.6 is 0 Å². The summed E-state index contributed by atoms with van der Waals surface area (Å²) in [6.45, 7) is 0.886. The van der Waals surface area contributed by atoms with E-state index >= 15 is 0 Å². The van der Waals surface area contributed by atoms with Crippen LogP contribution in [0.2, 0.25) is 0 Å². The van der Waals surface area contributed by atoms with Gasteiger partial charge < -0.3 is 4.57 Å². The molecule has 0 aliphatic heterocycles. The van der Waals surface area contributed by atoms with E-state index in [4.69, 9.17) is 0 Å². The minimum absolute atomic E-state index is 0.438. The summed E-state index contributed by atoms with van der Waals surface area (Å²) >= 11 is 0. The van der Waals surface area contributed by atoms with Crippen molar-refractivity contribution in [2.24, 2.45) is 0 Å². The van der Waals surface area contributed by atoms with Crippen molar-refractivity contribution in [3.05, 3.63) is 126 Å². The van der Waals surface area contributed by atoms with Gasteiger partial charge in [-0.25, -0.2) is 4.98 Å². The summed E-state index contributed by atoms with van der Waals surface area (Å²) in [4.78, 5) is 4.40. The normalized spacial score (nSPS) is 11.0. The summed E-state index contributed by atoms with van der Waals surface area (Å²) in [6.07, 6.45) is 7.28. The van der Waals surface area contributed by atoms with Gasteiger partial charge in [0.25, 0.3) is 0 Å². The minimum Gasteiger partial charge on any atom is -0.330 e. The summed E-state index contributed by atoms with van der Waals surface area (Å²) in [5.41, 5.74) is 5.41. The molecule has 2 nitrogen and oxygen atoms in total. The van der Waals surface area contributed by atoms with E-state index in [1.54, 1.807) is 0 Å². The fourth-order valence-electron chi connectivity index (χ4n) is 3.86. The smallest absolute Gasteiger partial charge is 0.0951 e. The number of nitrogens with zero attached hydrogens (tertiary/aromatic N) is 2. The molecule has 2 heteroatoms. The Morgan fingerprint density at radius 2 is 1.29 bits per heavy atom. The van der Waals surface area contributed by atoms with E-state index in [0.717, 1.165) is 25.8 Å². The van der Waals surface area contributed by atoms with Crippen molar-refractivity contribution in [3.8, 4) is 0 Å². The van der Waals surface area contributed by atoms with Crippen molar-refractivity contribution in [3.63, 3.8) is 0 Å². The maximum atomic E-state index is 4.40. The van der Waals surface area contributed by atoms with Crippen LogP contribution in [-0.2, 0) is 13.0 Å². The third-order valence-corrected chi connectivity index (χ3v) is 5.32. The lowest BCUT2D eigenvalue weighted by molar-refractivity contribution is 0.633. The van der Waals surface area contributed by atoms with Gasteiger partial charge in [-0.15, -0.1) is 0 Å². The van der Waals surface area contributed by atoms with Gasteiger partial charge in [0.2, 0.25) is 0 Å². The van der Waals surface area contributed by atoms with Crippen molar-refractivity contribution < 1.29 is 0 Å². The number of hydrogen-bond acceptors (Lipinski definition) is 1. The summed E-state index contributed by atoms with van der Waals surface area (Å²) in [6, 6.07) is 32.3. The Balaban J connectivity index is 1.44. The van der Waals surface area contributed by atoms with Crippen molar-refractivity contribution in [1.29, 1.82) is 0 Å². The zero-order valence-corrected chi connectivity index (χ0v) is 16.1. The molecule has 0 radical (unpaired) electrons. The van der Waals surface area contributed by atoms with Crippen LogP contribution in [0.3, 0.4) is 0 Å². The first-order chi connectivity index (χ1) is 13.9. The molecule has 3 aromatic carbocycles. The summed E-state index contributed by atoms with van der Waals surface area (Å²) in [7, 11) is 0. The molecule has 4 rings (SSSR count). The highest BCUT2D eigenvalue weighted by atomic mass is 15.0. The zero-order valence-electron chi connectivity index (χ0n) is 16.1. The lowest BCUT2D eigenvalue weighted by Crippen LogP contribution is -2.05. The van der Waals surface area contributed by atoms with Crippen LogP contribution in [-0.4, -0.2) is 9.55 Å². The standard InChI is InChI=1S/C26H26N2/c1-4-11-22(12-5-1)20-28-21-27-19-25(28)17-10-18-26(23-13-6-2-7-14-23)24-15-8-3-9-16-24/h1-9,11-16,19,21,26H,10,17-18,20H2. The molecular formula is C26H26N2. The molecule has 0 aliphatic rings. The number of hydrogen-bond donors (Lipinski definition) is 0. The number of imidazole rings is 1. The monoisotopic (exact) mass is 366 g/mol. The number of benzene rings is 3. The molecule has 28 heavy (non-hydrogen) atoms. The Hall–Kier alpha value is -3.13. The van der Waals surface area contributed by atoms with E-state index < -0.39 is 0 Å². The molecule has 0 unspecified atom stereocenters. The van der Waals surface area contributed by atoms with Crippen molar-refractivity contribution in [2.75, 3.05) is 0 Å². The third-order valence-electron chi connectivity index (χ3n) is 5.32. The van der Waals surface area contributed by atoms with E-state index in [9.17, 15) is 0 Å². The second-order valence-corrected chi connectivity index (χ2v) is 7.26. The highest BCUT2D eigenvalue weighted by Crippen LogP contribution is 2.29. The van der Waals surface area contributed by atoms with Crippen LogP contribution in [0, 0.1) is 0 Å². The average molecular weight is 367 g/mol. The second kappa shape index (κ2) is 9.18. The van der Waals surface area contributed by atoms with E-state index in [-0.39, 0.29) is 0 Å². The molecule has 1 heterocycles. The van der Waals surface area contributed by atoms with E-state index in [1.165, 1.54) is 22.4 Å². The molecule has 0 fully saturated rings. The second-order valence-electron chi connectivity index (χ2n) is 7.26. The molecule has 0 saturated carbocycles. The summed E-state index contributed by atoms with van der Waals surface area (Å²) < 4.78 is 2.27. The first kappa shape index (κ1) is 18.2. The van der Waals surface area contributed by atoms with Gasteiger partial charge in [0, 0.05) is 24.4 Å². The van der Waals surface area contributed by atoms with Crippen LogP contribution in [0.4, 0.5) is 0 Å². The average Bonchev–Trinajstić information content (AvgIpc) is 3.20. The molecular weight excluding hydrogens is 340 g/mol. The first-order valence-electron chi connectivity index (χ1n) is 10.0. The van der Waals surface area contributed by atoms with Gasteiger partial charge in [0.1, 0.15) is 0 Å². The topological polar surface area (TPSA) is 17.8 Å². The molecule has 0 atom stereocenters. The van der Waals surface area contributed by atoms with E-state index in [1.807, 2.05) is 12.5 Å². The predicted molar refractivity (Wildman–Crippen MR) is 115 cm³/mol. The third kappa shape index (κ3) is 4.58. The minimum atomic E-state index is 0.438. The molecule has 0 amide bonds. The quantitative estimate of drug-likeness (QED) is 0.369. The molecule has 0 saturated heterocycles. The summed E-state index contributed by atoms with van der Waals surface area (Å²) in [5, 5.41) is 0. The van der Waals surface area contributed by atoms with E-state index in [2.05, 4.69) is 101 Å². The number of aromatic nitrogens is 2. The van der Waals surface area contributed by atoms with Crippen LogP contribution in [0.25, 0.3) is 0 Å². The summed E-state index contributed by atoms with van der Waals surface area (Å²) in [5.74, 6) is 0.438. The van der Waals surface area contributed by atoms with Crippen LogP contribution in [0.15, 0.2) is 104 Å². The van der Waals surface area contributed by atoms with Crippen LogP contribution in [0.1, 0.15) is 41.1 Å². The van der Waals surface area contributed by atoms with Gasteiger partial charge in [-0.05, 0) is 36.0 Å². The maximum absolute atomic E-state index is 4.40. The van der Waals surface area contributed by atoms with Crippen molar-refractivity contribution in [1.82, 2.24) is 9.55 Å². The number of rotatable bonds is 8. The Kier molecular flexibility index (Phi) is 5.98. The zero-order chi connectivity index (χ0) is 19.0. The van der Waals surface area contributed by atoms with Crippen molar-refractivity contribution in [2.45, 2.75) is 31.7 Å². The SMILES string of the molecule is c1ccc(Cn2cncc2CCCC(c2ccccc2)c2ccccc2)cc1. The Bertz CT molecular complexity index is 920. The molecule has 1 aromatic heterocycles. The number of aryl methyl sites for hydroxylation is 1. The highest BCUT2D eigenvalue weighted by Gasteiger charge is 2.14. The highest BCUT2D eigenvalue weighted by molar-refractivity contribution is 5.32. The molecule has 0 N–H and O–H groups in total. The predicted octanol–water partition coefficient (Wildman–Crippen LogP) is 6.09. The Morgan fingerprint density at radius 3 is 1.89 bits per heavy atom. The van der Waals surface area contributed by atoms with Gasteiger partial charge in [-0.1, -0.05) is 91.0 Å². The van der Waals surface area contributed by atoms with Crippen LogP contribution in [0.5, 0.6) is 0 Å². The van der Waals surface area contributed by atoms with Gasteiger partial charge in [-0.2, -0.15) is 0 Å². The Labute approximate surface area is 167 Å². The van der Waals surface area contributed by atoms with Gasteiger partial charge in [-0.3, -0.25) is 0 Å². The molecule has 4 aromatic rings. The Morgan fingerprint density at radius 1 is 0.714 bits per heavy atom. The van der Waals surface area contributed by atoms with Crippen molar-refractivity contribution >= 4 is 0 Å². The van der Waals surface area contributed by atoms with Gasteiger partial charge in [0.15, 0.2) is 0 Å². The first-order valence-corrected chi connectivity index (χ1v) is 10.0. The molecule has 0 spiro atoms. The van der Waals surface area contributed by atoms with E-state index in [0.29, 0.717) is 5.92 Å². The maximum Gasteiger partial charge on any atom is 0.0951 e. The largest absolute Gasteiger partial charge is 0.330 e. The lowest BCUT2D eigenvalue weighted by atomic mass is 9.87. The fraction of sp³-hybridized carbons (Fsp3) is 0.192. The molecule has 0 aliphatic carbocycles. The fourth-order valence-corrected chi connectivity index (χ4v) is 3.86. The van der Waals surface area contributed by atoms with Gasteiger partial charge in [0.05, 0.1) is 6.33 Å². The molecule has 0 bridgehead atoms. The van der Waals surface area contributed by atoms with Gasteiger partial charge >= 0.3 is 0 Å².